The first kappa shape index (κ1) is 13.6. The van der Waals surface area contributed by atoms with E-state index in [0.29, 0.717) is 23.4 Å². The van der Waals surface area contributed by atoms with Crippen LogP contribution in [0.25, 0.3) is 0 Å². The number of nitrogens with zero attached hydrogens (tertiary/aromatic N) is 2. The molecule has 2 rings (SSSR count). The molecule has 1 aromatic heterocycles. The SMILES string of the molecule is COc1cc(NC(CCl)c2ccccc2)nc(C)n1. The molecule has 0 spiro atoms. The Morgan fingerprint density at radius 2 is 2.00 bits per heavy atom. The van der Waals surface area contributed by atoms with E-state index in [-0.39, 0.29) is 6.04 Å². The highest BCUT2D eigenvalue weighted by Gasteiger charge is 2.11. The van der Waals surface area contributed by atoms with Crippen molar-refractivity contribution >= 4 is 17.4 Å². The first-order chi connectivity index (χ1) is 9.22. The Morgan fingerprint density at radius 1 is 1.26 bits per heavy atom. The van der Waals surface area contributed by atoms with Gasteiger partial charge < -0.3 is 10.1 Å². The molecule has 0 amide bonds. The van der Waals surface area contributed by atoms with Crippen molar-refractivity contribution in [3.63, 3.8) is 0 Å². The van der Waals surface area contributed by atoms with Gasteiger partial charge in [-0.25, -0.2) is 4.98 Å². The molecule has 1 heterocycles. The summed E-state index contributed by atoms with van der Waals surface area (Å²) >= 11 is 6.03. The second kappa shape index (κ2) is 6.38. The smallest absolute Gasteiger partial charge is 0.218 e. The van der Waals surface area contributed by atoms with Crippen molar-refractivity contribution in [1.82, 2.24) is 9.97 Å². The molecule has 0 aliphatic heterocycles. The monoisotopic (exact) mass is 277 g/mol. The second-order valence-electron chi connectivity index (χ2n) is 4.10. The van der Waals surface area contributed by atoms with Gasteiger partial charge in [0.15, 0.2) is 0 Å². The fourth-order valence-electron chi connectivity index (χ4n) is 1.79. The van der Waals surface area contributed by atoms with Crippen LogP contribution in [0, 0.1) is 6.92 Å². The van der Waals surface area contributed by atoms with Gasteiger partial charge in [-0.1, -0.05) is 30.3 Å². The summed E-state index contributed by atoms with van der Waals surface area (Å²) in [5.41, 5.74) is 1.12. The number of nitrogens with one attached hydrogen (secondary N) is 1. The van der Waals surface area contributed by atoms with Crippen LogP contribution in [0.15, 0.2) is 36.4 Å². The van der Waals surface area contributed by atoms with Crippen LogP contribution in [0.4, 0.5) is 5.82 Å². The van der Waals surface area contributed by atoms with Crippen LogP contribution < -0.4 is 10.1 Å². The van der Waals surface area contributed by atoms with Crippen LogP contribution in [0.1, 0.15) is 17.4 Å². The van der Waals surface area contributed by atoms with Crippen molar-refractivity contribution in [3.05, 3.63) is 47.8 Å². The number of alkyl halides is 1. The molecule has 5 heteroatoms. The van der Waals surface area contributed by atoms with Crippen LogP contribution >= 0.6 is 11.6 Å². The minimum Gasteiger partial charge on any atom is -0.481 e. The summed E-state index contributed by atoms with van der Waals surface area (Å²) < 4.78 is 5.13. The molecule has 19 heavy (non-hydrogen) atoms. The molecule has 1 unspecified atom stereocenters. The van der Waals surface area contributed by atoms with Crippen molar-refractivity contribution in [1.29, 1.82) is 0 Å². The molecule has 100 valence electrons. The maximum absolute atomic E-state index is 6.03. The minimum atomic E-state index is 0.00173. The predicted octanol–water partition coefficient (Wildman–Crippen LogP) is 3.19. The van der Waals surface area contributed by atoms with Crippen molar-refractivity contribution < 1.29 is 4.74 Å². The number of aryl methyl sites for hydroxylation is 1. The lowest BCUT2D eigenvalue weighted by atomic mass is 10.1. The van der Waals surface area contributed by atoms with Gasteiger partial charge in [-0.15, -0.1) is 11.6 Å². The van der Waals surface area contributed by atoms with E-state index in [9.17, 15) is 0 Å². The van der Waals surface area contributed by atoms with Crippen LogP contribution in [-0.4, -0.2) is 23.0 Å². The summed E-state index contributed by atoms with van der Waals surface area (Å²) in [5.74, 6) is 2.36. The van der Waals surface area contributed by atoms with Crippen molar-refractivity contribution in [2.45, 2.75) is 13.0 Å². The predicted molar refractivity (Wildman–Crippen MR) is 76.8 cm³/mol. The highest BCUT2D eigenvalue weighted by Crippen LogP contribution is 2.21. The van der Waals surface area contributed by atoms with E-state index in [1.54, 1.807) is 13.2 Å². The zero-order chi connectivity index (χ0) is 13.7. The topological polar surface area (TPSA) is 47.0 Å². The second-order valence-corrected chi connectivity index (χ2v) is 4.41. The third-order valence-corrected chi connectivity index (χ3v) is 3.01. The molecule has 2 aromatic rings. The van der Waals surface area contributed by atoms with Gasteiger partial charge in [0.25, 0.3) is 0 Å². The molecule has 0 radical (unpaired) electrons. The molecule has 0 bridgehead atoms. The van der Waals surface area contributed by atoms with Gasteiger partial charge in [-0.2, -0.15) is 4.98 Å². The first-order valence-electron chi connectivity index (χ1n) is 6.00. The fraction of sp³-hybridized carbons (Fsp3) is 0.286. The molecule has 0 saturated carbocycles. The van der Waals surface area contributed by atoms with Gasteiger partial charge in [0, 0.05) is 11.9 Å². The van der Waals surface area contributed by atoms with Gasteiger partial charge in [0.05, 0.1) is 13.2 Å². The number of hydrogen-bond acceptors (Lipinski definition) is 4. The van der Waals surface area contributed by atoms with E-state index in [1.165, 1.54) is 0 Å². The summed E-state index contributed by atoms with van der Waals surface area (Å²) in [7, 11) is 1.59. The summed E-state index contributed by atoms with van der Waals surface area (Å²) in [5, 5.41) is 3.30. The average molecular weight is 278 g/mol. The van der Waals surface area contributed by atoms with Crippen molar-refractivity contribution in [2.75, 3.05) is 18.3 Å². The zero-order valence-corrected chi connectivity index (χ0v) is 11.7. The van der Waals surface area contributed by atoms with Gasteiger partial charge in [-0.05, 0) is 12.5 Å². The van der Waals surface area contributed by atoms with E-state index in [2.05, 4.69) is 15.3 Å². The molecule has 1 atom stereocenters. The van der Waals surface area contributed by atoms with E-state index in [1.807, 2.05) is 37.3 Å². The molecule has 1 aromatic carbocycles. The lowest BCUT2D eigenvalue weighted by Gasteiger charge is -2.17. The van der Waals surface area contributed by atoms with Crippen molar-refractivity contribution in [2.24, 2.45) is 0 Å². The molecule has 0 aliphatic rings. The fourth-order valence-corrected chi connectivity index (χ4v) is 2.05. The molecule has 0 aliphatic carbocycles. The lowest BCUT2D eigenvalue weighted by molar-refractivity contribution is 0.396. The molecular formula is C14H16ClN3O. The third-order valence-electron chi connectivity index (χ3n) is 2.70. The first-order valence-corrected chi connectivity index (χ1v) is 6.53. The molecular weight excluding hydrogens is 262 g/mol. The van der Waals surface area contributed by atoms with Crippen LogP contribution in [-0.2, 0) is 0 Å². The Hall–Kier alpha value is -1.81. The van der Waals surface area contributed by atoms with Crippen LogP contribution in [0.3, 0.4) is 0 Å². The van der Waals surface area contributed by atoms with E-state index in [4.69, 9.17) is 16.3 Å². The Bertz CT molecular complexity index is 533. The van der Waals surface area contributed by atoms with Gasteiger partial charge in [-0.3, -0.25) is 0 Å². The zero-order valence-electron chi connectivity index (χ0n) is 10.9. The summed E-state index contributed by atoms with van der Waals surface area (Å²) in [6.45, 7) is 1.83. The molecule has 0 saturated heterocycles. The Labute approximate surface area is 117 Å². The Kier molecular flexibility index (Phi) is 4.58. The van der Waals surface area contributed by atoms with E-state index < -0.39 is 0 Å². The van der Waals surface area contributed by atoms with Crippen LogP contribution in [0.2, 0.25) is 0 Å². The summed E-state index contributed by atoms with van der Waals surface area (Å²) in [6.07, 6.45) is 0. The Morgan fingerprint density at radius 3 is 2.63 bits per heavy atom. The maximum atomic E-state index is 6.03. The normalized spacial score (nSPS) is 11.9. The van der Waals surface area contributed by atoms with E-state index in [0.717, 1.165) is 5.56 Å². The lowest BCUT2D eigenvalue weighted by Crippen LogP contribution is -2.14. The number of rotatable bonds is 5. The van der Waals surface area contributed by atoms with Crippen molar-refractivity contribution in [3.8, 4) is 5.88 Å². The number of benzene rings is 1. The highest BCUT2D eigenvalue weighted by molar-refractivity contribution is 6.18. The quantitative estimate of drug-likeness (QED) is 0.853. The number of aromatic nitrogens is 2. The highest BCUT2D eigenvalue weighted by atomic mass is 35.5. The molecule has 0 fully saturated rings. The molecule has 1 N–H and O–H groups in total. The van der Waals surface area contributed by atoms with Gasteiger partial charge >= 0.3 is 0 Å². The minimum absolute atomic E-state index is 0.00173. The number of halogens is 1. The third kappa shape index (κ3) is 3.58. The summed E-state index contributed by atoms with van der Waals surface area (Å²) in [4.78, 5) is 8.49. The number of hydrogen-bond donors (Lipinski definition) is 1. The van der Waals surface area contributed by atoms with Gasteiger partial charge in [0.2, 0.25) is 5.88 Å². The van der Waals surface area contributed by atoms with Crippen LogP contribution in [0.5, 0.6) is 5.88 Å². The summed E-state index contributed by atoms with van der Waals surface area (Å²) in [6, 6.07) is 11.8. The molecule has 4 nitrogen and oxygen atoms in total. The average Bonchev–Trinajstić information content (AvgIpc) is 2.45. The maximum Gasteiger partial charge on any atom is 0.218 e. The number of methoxy groups -OCH3 is 1. The largest absolute Gasteiger partial charge is 0.481 e. The van der Waals surface area contributed by atoms with Gasteiger partial charge in [0.1, 0.15) is 11.6 Å². The number of ether oxygens (including phenoxy) is 1. The Balaban J connectivity index is 2.21. The standard InChI is InChI=1S/C14H16ClN3O/c1-10-16-13(8-14(17-10)19-2)18-12(9-15)11-6-4-3-5-7-11/h3-8,12H,9H2,1-2H3,(H,16,17,18). The van der Waals surface area contributed by atoms with E-state index >= 15 is 0 Å². The number of anilines is 1.